The van der Waals surface area contributed by atoms with Gasteiger partial charge in [-0.2, -0.15) is 5.10 Å². The van der Waals surface area contributed by atoms with Gasteiger partial charge in [-0.05, 0) is 62.3 Å². The number of hydrogen-bond acceptors (Lipinski definition) is 3. The molecule has 0 spiro atoms. The Morgan fingerprint density at radius 2 is 1.96 bits per heavy atom. The number of carboxylic acids is 1. The minimum atomic E-state index is -1.01. The molecule has 4 rings (SSSR count). The van der Waals surface area contributed by atoms with Gasteiger partial charge in [-0.25, -0.2) is 13.9 Å². The molecule has 0 radical (unpaired) electrons. The van der Waals surface area contributed by atoms with E-state index in [1.54, 1.807) is 16.8 Å². The maximum atomic E-state index is 13.2. The molecule has 1 amide bonds. The number of carbonyl (C=O) groups excluding carboxylic acids is 1. The predicted octanol–water partition coefficient (Wildman–Crippen LogP) is 2.09. The molecule has 1 aromatic carbocycles. The topological polar surface area (TPSA) is 84.2 Å². The van der Waals surface area contributed by atoms with Gasteiger partial charge < -0.3 is 10.4 Å². The number of rotatable bonds is 5. The van der Waals surface area contributed by atoms with E-state index in [9.17, 15) is 19.1 Å². The fourth-order valence-electron chi connectivity index (χ4n) is 3.44. The number of nitrogens with one attached hydrogen (secondary N) is 1. The van der Waals surface area contributed by atoms with Crippen LogP contribution in [0.15, 0.2) is 24.3 Å². The average molecular weight is 343 g/mol. The molecule has 25 heavy (non-hydrogen) atoms. The number of carboxylic acid groups (broad SMARTS) is 1. The van der Waals surface area contributed by atoms with E-state index in [0.717, 1.165) is 43.4 Å². The number of carbonyl (C=O) groups is 2. The van der Waals surface area contributed by atoms with Crippen LogP contribution in [0.5, 0.6) is 0 Å². The van der Waals surface area contributed by atoms with Crippen LogP contribution >= 0.6 is 0 Å². The summed E-state index contributed by atoms with van der Waals surface area (Å²) >= 11 is 0. The van der Waals surface area contributed by atoms with E-state index in [1.165, 1.54) is 12.1 Å². The largest absolute Gasteiger partial charge is 0.480 e. The third-order valence-electron chi connectivity index (χ3n) is 4.86. The van der Waals surface area contributed by atoms with Crippen LogP contribution in [0.1, 0.15) is 41.0 Å². The van der Waals surface area contributed by atoms with Gasteiger partial charge in [0.05, 0.1) is 5.69 Å². The number of aromatic nitrogens is 2. The number of amides is 1. The first-order valence-corrected chi connectivity index (χ1v) is 8.45. The van der Waals surface area contributed by atoms with Crippen molar-refractivity contribution >= 4 is 11.9 Å². The van der Waals surface area contributed by atoms with Gasteiger partial charge in [-0.15, -0.1) is 0 Å². The predicted molar refractivity (Wildman–Crippen MR) is 87.2 cm³/mol. The summed E-state index contributed by atoms with van der Waals surface area (Å²) in [6, 6.07) is 5.08. The van der Waals surface area contributed by atoms with Crippen LogP contribution in [0.3, 0.4) is 0 Å². The fourth-order valence-corrected chi connectivity index (χ4v) is 3.44. The highest BCUT2D eigenvalue weighted by molar-refractivity contribution is 5.96. The van der Waals surface area contributed by atoms with Gasteiger partial charge in [0.2, 0.25) is 0 Å². The second-order valence-electron chi connectivity index (χ2n) is 6.64. The average Bonchev–Trinajstić information content (AvgIpc) is 3.19. The van der Waals surface area contributed by atoms with Crippen molar-refractivity contribution in [1.82, 2.24) is 15.1 Å². The molecule has 1 saturated carbocycles. The first-order valence-electron chi connectivity index (χ1n) is 8.45. The lowest BCUT2D eigenvalue weighted by Crippen LogP contribution is -2.42. The third-order valence-corrected chi connectivity index (χ3v) is 4.86. The number of benzene rings is 1. The number of aliphatic carboxylic acids is 1. The zero-order chi connectivity index (χ0) is 17.6. The number of hydrogen-bond donors (Lipinski definition) is 2. The molecule has 7 heteroatoms. The molecule has 1 fully saturated rings. The maximum Gasteiger partial charge on any atom is 0.326 e. The Labute approximate surface area is 143 Å². The Hall–Kier alpha value is -2.70. The number of nitrogens with zero attached hydrogens (tertiary/aromatic N) is 2. The Morgan fingerprint density at radius 1 is 1.24 bits per heavy atom. The molecular formula is C18H18FN3O3. The molecule has 1 heterocycles. The molecule has 0 aliphatic heterocycles. The minimum absolute atomic E-state index is 0.00804. The zero-order valence-electron chi connectivity index (χ0n) is 13.5. The summed E-state index contributed by atoms with van der Waals surface area (Å²) in [5, 5.41) is 16.3. The molecule has 0 saturated heterocycles. The van der Waals surface area contributed by atoms with Gasteiger partial charge in [0.25, 0.3) is 5.91 Å². The molecule has 2 aliphatic carbocycles. The van der Waals surface area contributed by atoms with Gasteiger partial charge in [0.1, 0.15) is 11.9 Å². The van der Waals surface area contributed by atoms with Crippen LogP contribution in [-0.2, 0) is 17.6 Å². The maximum absolute atomic E-state index is 13.2. The fraction of sp³-hybridized carbons (Fsp3) is 0.389. The lowest BCUT2D eigenvalue weighted by Gasteiger charge is -2.12. The Kier molecular flexibility index (Phi) is 3.78. The summed E-state index contributed by atoms with van der Waals surface area (Å²) in [5.74, 6) is -1.78. The van der Waals surface area contributed by atoms with E-state index in [1.807, 2.05) is 0 Å². The second-order valence-corrected chi connectivity index (χ2v) is 6.64. The van der Waals surface area contributed by atoms with E-state index in [0.29, 0.717) is 5.69 Å². The highest BCUT2D eigenvalue weighted by Crippen LogP contribution is 2.33. The smallest absolute Gasteiger partial charge is 0.326 e. The Balaban J connectivity index is 1.66. The summed E-state index contributed by atoms with van der Waals surface area (Å²) < 4.78 is 14.8. The van der Waals surface area contributed by atoms with Gasteiger partial charge in [0.15, 0.2) is 5.69 Å². The van der Waals surface area contributed by atoms with Crippen LogP contribution in [0.25, 0.3) is 5.69 Å². The monoisotopic (exact) mass is 343 g/mol. The molecule has 2 aliphatic rings. The van der Waals surface area contributed by atoms with Gasteiger partial charge in [-0.3, -0.25) is 4.79 Å². The van der Waals surface area contributed by atoms with Crippen LogP contribution in [0.2, 0.25) is 0 Å². The van der Waals surface area contributed by atoms with Gasteiger partial charge in [0, 0.05) is 11.3 Å². The van der Waals surface area contributed by atoms with Crippen LogP contribution in [0, 0.1) is 11.7 Å². The van der Waals surface area contributed by atoms with Crippen molar-refractivity contribution in [2.75, 3.05) is 0 Å². The zero-order valence-corrected chi connectivity index (χ0v) is 13.5. The van der Waals surface area contributed by atoms with E-state index in [4.69, 9.17) is 0 Å². The quantitative estimate of drug-likeness (QED) is 0.871. The summed E-state index contributed by atoms with van der Waals surface area (Å²) in [6.45, 7) is 0. The normalized spacial score (nSPS) is 17.2. The van der Waals surface area contributed by atoms with E-state index < -0.39 is 17.9 Å². The van der Waals surface area contributed by atoms with Crippen molar-refractivity contribution in [3.8, 4) is 5.69 Å². The molecular weight excluding hydrogens is 325 g/mol. The first kappa shape index (κ1) is 15.8. The van der Waals surface area contributed by atoms with Crippen molar-refractivity contribution in [2.24, 2.45) is 5.92 Å². The lowest BCUT2D eigenvalue weighted by molar-refractivity contribution is -0.139. The van der Waals surface area contributed by atoms with E-state index in [-0.39, 0.29) is 17.4 Å². The molecule has 1 atom stereocenters. The van der Waals surface area contributed by atoms with Gasteiger partial charge >= 0.3 is 5.97 Å². The summed E-state index contributed by atoms with van der Waals surface area (Å²) in [4.78, 5) is 24.0. The molecule has 1 unspecified atom stereocenters. The molecule has 1 aromatic heterocycles. The van der Waals surface area contributed by atoms with Crippen LogP contribution in [-0.4, -0.2) is 32.8 Å². The molecule has 6 nitrogen and oxygen atoms in total. The van der Waals surface area contributed by atoms with Crippen molar-refractivity contribution in [2.45, 2.75) is 38.1 Å². The Bertz CT molecular complexity index is 840. The summed E-state index contributed by atoms with van der Waals surface area (Å²) in [6.07, 6.45) is 4.08. The van der Waals surface area contributed by atoms with Crippen molar-refractivity contribution < 1.29 is 19.1 Å². The van der Waals surface area contributed by atoms with Crippen LogP contribution in [0.4, 0.5) is 4.39 Å². The third kappa shape index (κ3) is 2.90. The molecule has 2 N–H and O–H groups in total. The highest BCUT2D eigenvalue weighted by atomic mass is 19.1. The van der Waals surface area contributed by atoms with E-state index in [2.05, 4.69) is 10.4 Å². The van der Waals surface area contributed by atoms with Crippen molar-refractivity contribution in [1.29, 1.82) is 0 Å². The first-order chi connectivity index (χ1) is 12.0. The molecule has 130 valence electrons. The minimum Gasteiger partial charge on any atom is -0.480 e. The lowest BCUT2D eigenvalue weighted by atomic mass is 10.1. The molecule has 0 bridgehead atoms. The summed E-state index contributed by atoms with van der Waals surface area (Å²) in [5.41, 5.74) is 2.77. The summed E-state index contributed by atoms with van der Waals surface area (Å²) in [7, 11) is 0. The second kappa shape index (κ2) is 5.98. The SMILES string of the molecule is O=C(NC(C(=O)O)C1CC1)c1nn(-c2ccc(F)cc2)c2c1CCC2. The van der Waals surface area contributed by atoms with E-state index >= 15 is 0 Å². The van der Waals surface area contributed by atoms with Crippen LogP contribution < -0.4 is 5.32 Å². The highest BCUT2D eigenvalue weighted by Gasteiger charge is 2.38. The number of fused-ring (bicyclic) bond motifs is 1. The number of halogens is 1. The Morgan fingerprint density at radius 3 is 2.60 bits per heavy atom. The molecule has 2 aromatic rings. The van der Waals surface area contributed by atoms with Gasteiger partial charge in [-0.1, -0.05) is 0 Å². The van der Waals surface area contributed by atoms with Crippen molar-refractivity contribution in [3.05, 3.63) is 47.0 Å². The van der Waals surface area contributed by atoms with Crippen molar-refractivity contribution in [3.63, 3.8) is 0 Å². The standard InChI is InChI=1S/C18H18FN3O3/c19-11-6-8-12(9-7-11)22-14-3-1-2-13(14)16(21-22)17(23)20-15(18(24)25)10-4-5-10/h6-10,15H,1-5H2,(H,20,23)(H,24,25).